The molecule has 18 heavy (non-hydrogen) atoms. The lowest BCUT2D eigenvalue weighted by atomic mass is 9.94. The summed E-state index contributed by atoms with van der Waals surface area (Å²) < 4.78 is 1.90. The van der Waals surface area contributed by atoms with Gasteiger partial charge in [0.15, 0.2) is 0 Å². The summed E-state index contributed by atoms with van der Waals surface area (Å²) in [6, 6.07) is 1.97. The lowest BCUT2D eigenvalue weighted by Gasteiger charge is -2.27. The average Bonchev–Trinajstić information content (AvgIpc) is 2.72. The van der Waals surface area contributed by atoms with E-state index in [-0.39, 0.29) is 5.91 Å². The standard InChI is InChI=1S/C13H24N4O/c1-4-8-15-13(3,12(14)18)7-5-9-17-10-6-11(2)16-17/h6,10,15H,4-5,7-9H2,1-3H3,(H2,14,18). The second-order valence-corrected chi connectivity index (χ2v) is 4.95. The Labute approximate surface area is 109 Å². The number of aromatic nitrogens is 2. The van der Waals surface area contributed by atoms with Gasteiger partial charge in [-0.25, -0.2) is 0 Å². The predicted octanol–water partition coefficient (Wildman–Crippen LogP) is 1.22. The summed E-state index contributed by atoms with van der Waals surface area (Å²) in [5.74, 6) is -0.285. The zero-order valence-electron chi connectivity index (χ0n) is 11.6. The summed E-state index contributed by atoms with van der Waals surface area (Å²) in [5.41, 5.74) is 5.87. The molecular weight excluding hydrogens is 228 g/mol. The van der Waals surface area contributed by atoms with Gasteiger partial charge in [-0.1, -0.05) is 6.92 Å². The number of nitrogens with two attached hydrogens (primary N) is 1. The molecule has 1 atom stereocenters. The van der Waals surface area contributed by atoms with E-state index >= 15 is 0 Å². The summed E-state index contributed by atoms with van der Waals surface area (Å²) in [6.45, 7) is 7.53. The summed E-state index contributed by atoms with van der Waals surface area (Å²) in [7, 11) is 0. The largest absolute Gasteiger partial charge is 0.368 e. The Balaban J connectivity index is 2.44. The molecule has 1 unspecified atom stereocenters. The van der Waals surface area contributed by atoms with Gasteiger partial charge in [-0.3, -0.25) is 9.48 Å². The maximum atomic E-state index is 11.5. The molecule has 1 rings (SSSR count). The maximum Gasteiger partial charge on any atom is 0.237 e. The second-order valence-electron chi connectivity index (χ2n) is 4.95. The van der Waals surface area contributed by atoms with Gasteiger partial charge in [0.05, 0.1) is 11.2 Å². The molecule has 0 aliphatic heterocycles. The van der Waals surface area contributed by atoms with Crippen molar-refractivity contribution in [2.75, 3.05) is 6.54 Å². The first-order valence-corrected chi connectivity index (χ1v) is 6.53. The SMILES string of the molecule is CCCNC(C)(CCCn1ccc(C)n1)C(N)=O. The molecule has 5 heteroatoms. The van der Waals surface area contributed by atoms with E-state index in [2.05, 4.69) is 17.3 Å². The lowest BCUT2D eigenvalue weighted by molar-refractivity contribution is -0.124. The summed E-state index contributed by atoms with van der Waals surface area (Å²) >= 11 is 0. The van der Waals surface area contributed by atoms with Crippen LogP contribution in [-0.4, -0.2) is 27.8 Å². The number of primary amides is 1. The van der Waals surface area contributed by atoms with E-state index in [1.54, 1.807) is 0 Å². The molecule has 0 radical (unpaired) electrons. The van der Waals surface area contributed by atoms with Gasteiger partial charge in [-0.05, 0) is 45.7 Å². The molecule has 0 saturated heterocycles. The Morgan fingerprint density at radius 1 is 1.61 bits per heavy atom. The van der Waals surface area contributed by atoms with E-state index in [0.29, 0.717) is 0 Å². The van der Waals surface area contributed by atoms with Crippen LogP contribution in [0.3, 0.4) is 0 Å². The van der Waals surface area contributed by atoms with Crippen molar-refractivity contribution < 1.29 is 4.79 Å². The highest BCUT2D eigenvalue weighted by molar-refractivity contribution is 5.84. The van der Waals surface area contributed by atoms with Gasteiger partial charge in [-0.15, -0.1) is 0 Å². The molecule has 0 bridgehead atoms. The molecule has 102 valence electrons. The van der Waals surface area contributed by atoms with Gasteiger partial charge in [-0.2, -0.15) is 5.10 Å². The molecule has 0 aromatic carbocycles. The molecule has 0 spiro atoms. The first-order valence-electron chi connectivity index (χ1n) is 6.53. The predicted molar refractivity (Wildman–Crippen MR) is 72.1 cm³/mol. The second kappa shape index (κ2) is 6.54. The highest BCUT2D eigenvalue weighted by Crippen LogP contribution is 2.13. The quantitative estimate of drug-likeness (QED) is 0.730. The summed E-state index contributed by atoms with van der Waals surface area (Å²) in [6.07, 6.45) is 4.54. The number of nitrogens with one attached hydrogen (secondary N) is 1. The van der Waals surface area contributed by atoms with Gasteiger partial charge in [0.25, 0.3) is 0 Å². The smallest absolute Gasteiger partial charge is 0.237 e. The minimum Gasteiger partial charge on any atom is -0.368 e. The number of amides is 1. The molecule has 1 heterocycles. The Hall–Kier alpha value is -1.36. The number of rotatable bonds is 8. The number of carbonyl (C=O) groups excluding carboxylic acids is 1. The van der Waals surface area contributed by atoms with Crippen molar-refractivity contribution in [2.45, 2.75) is 52.1 Å². The van der Waals surface area contributed by atoms with Crippen molar-refractivity contribution in [3.63, 3.8) is 0 Å². The third kappa shape index (κ3) is 4.14. The maximum absolute atomic E-state index is 11.5. The molecule has 1 amide bonds. The summed E-state index contributed by atoms with van der Waals surface area (Å²) in [5, 5.41) is 7.55. The Morgan fingerprint density at radius 3 is 2.83 bits per heavy atom. The van der Waals surface area contributed by atoms with Gasteiger partial charge < -0.3 is 11.1 Å². The first-order chi connectivity index (χ1) is 8.48. The molecule has 0 aliphatic carbocycles. The fourth-order valence-electron chi connectivity index (χ4n) is 1.88. The summed E-state index contributed by atoms with van der Waals surface area (Å²) in [4.78, 5) is 11.5. The van der Waals surface area contributed by atoms with E-state index in [1.807, 2.05) is 30.8 Å². The Bertz CT molecular complexity index is 388. The van der Waals surface area contributed by atoms with Crippen molar-refractivity contribution in [1.82, 2.24) is 15.1 Å². The van der Waals surface area contributed by atoms with Crippen LogP contribution in [0.5, 0.6) is 0 Å². The number of hydrogen-bond acceptors (Lipinski definition) is 3. The number of hydrogen-bond donors (Lipinski definition) is 2. The molecular formula is C13H24N4O. The third-order valence-corrected chi connectivity index (χ3v) is 3.15. The zero-order valence-corrected chi connectivity index (χ0v) is 11.6. The lowest BCUT2D eigenvalue weighted by Crippen LogP contribution is -2.53. The number of carbonyl (C=O) groups is 1. The molecule has 0 fully saturated rings. The molecule has 5 nitrogen and oxygen atoms in total. The number of aryl methyl sites for hydroxylation is 2. The molecule has 0 saturated carbocycles. The Kier molecular flexibility index (Phi) is 5.34. The van der Waals surface area contributed by atoms with Crippen LogP contribution in [0.2, 0.25) is 0 Å². The van der Waals surface area contributed by atoms with Crippen molar-refractivity contribution in [1.29, 1.82) is 0 Å². The van der Waals surface area contributed by atoms with Crippen LogP contribution in [0, 0.1) is 6.92 Å². The highest BCUT2D eigenvalue weighted by Gasteiger charge is 2.29. The van der Waals surface area contributed by atoms with Crippen LogP contribution in [0.15, 0.2) is 12.3 Å². The zero-order chi connectivity index (χ0) is 13.6. The van der Waals surface area contributed by atoms with Crippen LogP contribution in [-0.2, 0) is 11.3 Å². The highest BCUT2D eigenvalue weighted by atomic mass is 16.1. The first kappa shape index (κ1) is 14.7. The van der Waals surface area contributed by atoms with Crippen LogP contribution >= 0.6 is 0 Å². The molecule has 1 aromatic rings. The van der Waals surface area contributed by atoms with Gasteiger partial charge >= 0.3 is 0 Å². The van der Waals surface area contributed by atoms with Crippen molar-refractivity contribution in [3.05, 3.63) is 18.0 Å². The third-order valence-electron chi connectivity index (χ3n) is 3.15. The van der Waals surface area contributed by atoms with Crippen molar-refractivity contribution >= 4 is 5.91 Å². The van der Waals surface area contributed by atoms with Crippen molar-refractivity contribution in [3.8, 4) is 0 Å². The van der Waals surface area contributed by atoms with Crippen molar-refractivity contribution in [2.24, 2.45) is 5.73 Å². The van der Waals surface area contributed by atoms with Crippen LogP contribution < -0.4 is 11.1 Å². The molecule has 1 aromatic heterocycles. The molecule has 3 N–H and O–H groups in total. The van der Waals surface area contributed by atoms with Gasteiger partial charge in [0, 0.05) is 12.7 Å². The van der Waals surface area contributed by atoms with Crippen LogP contribution in [0.4, 0.5) is 0 Å². The average molecular weight is 252 g/mol. The van der Waals surface area contributed by atoms with E-state index in [0.717, 1.165) is 38.0 Å². The fraction of sp³-hybridized carbons (Fsp3) is 0.692. The van der Waals surface area contributed by atoms with Crippen LogP contribution in [0.1, 0.15) is 38.8 Å². The monoisotopic (exact) mass is 252 g/mol. The van der Waals surface area contributed by atoms with Gasteiger partial charge in [0.2, 0.25) is 5.91 Å². The molecule has 0 aliphatic rings. The van der Waals surface area contributed by atoms with Gasteiger partial charge in [0.1, 0.15) is 0 Å². The minimum atomic E-state index is -0.613. The van der Waals surface area contributed by atoms with E-state index in [4.69, 9.17) is 5.73 Å². The van der Waals surface area contributed by atoms with E-state index in [1.165, 1.54) is 0 Å². The topological polar surface area (TPSA) is 72.9 Å². The van der Waals surface area contributed by atoms with Crippen LogP contribution in [0.25, 0.3) is 0 Å². The normalized spacial score (nSPS) is 14.4. The minimum absolute atomic E-state index is 0.285. The fourth-order valence-corrected chi connectivity index (χ4v) is 1.88. The number of nitrogens with zero attached hydrogens (tertiary/aromatic N) is 2. The van der Waals surface area contributed by atoms with E-state index in [9.17, 15) is 4.79 Å². The Morgan fingerprint density at radius 2 is 2.33 bits per heavy atom. The van der Waals surface area contributed by atoms with E-state index < -0.39 is 5.54 Å².